The summed E-state index contributed by atoms with van der Waals surface area (Å²) < 4.78 is 4.33. The zero-order valence-corrected chi connectivity index (χ0v) is 22.1. The molecule has 1 N–H and O–H groups in total. The number of aliphatic hydroxyl groups is 1. The maximum absolute atomic E-state index is 10.1. The highest BCUT2D eigenvalue weighted by Gasteiger charge is 1.90. The molecule has 0 radical (unpaired) electrons. The smallest absolute Gasteiger partial charge is 0.330 e. The minimum Gasteiger partial charge on any atom is -0.460 e. The van der Waals surface area contributed by atoms with Crippen LogP contribution >= 0.6 is 0 Å². The number of unbranched alkanes of at least 4 members (excludes halogenated alkanes) is 8. The van der Waals surface area contributed by atoms with E-state index in [-0.39, 0.29) is 13.2 Å². The molecule has 3 heteroatoms. The molecule has 0 atom stereocenters. The number of rotatable bonds is 15. The second kappa shape index (κ2) is 51.6. The topological polar surface area (TPSA) is 46.5 Å². The van der Waals surface area contributed by atoms with Crippen molar-refractivity contribution in [2.45, 2.75) is 105 Å². The van der Waals surface area contributed by atoms with Gasteiger partial charge in [0.2, 0.25) is 0 Å². The van der Waals surface area contributed by atoms with Crippen LogP contribution in [0, 0.1) is 0 Å². The zero-order chi connectivity index (χ0) is 25.7. The number of esters is 1. The Bertz CT molecular complexity index is 325. The van der Waals surface area contributed by atoms with Crippen molar-refractivity contribution >= 4 is 5.97 Å². The summed E-state index contributed by atoms with van der Waals surface area (Å²) in [5.74, 6) is -0.501. The van der Waals surface area contributed by atoms with Crippen LogP contribution in [0.4, 0.5) is 0 Å². The van der Waals surface area contributed by atoms with Crippen LogP contribution in [-0.4, -0.2) is 24.3 Å². The minimum atomic E-state index is -0.501. The third-order valence-electron chi connectivity index (χ3n) is 3.55. The lowest BCUT2D eigenvalue weighted by Gasteiger charge is -1.94. The van der Waals surface area contributed by atoms with E-state index in [0.717, 1.165) is 6.08 Å². The summed E-state index contributed by atoms with van der Waals surface area (Å²) in [6.45, 7) is 26.2. The Morgan fingerprint density at radius 2 is 0.938 bits per heavy atom. The van der Waals surface area contributed by atoms with Crippen molar-refractivity contribution in [3.05, 3.63) is 63.3 Å². The monoisotopic (exact) mass is 452 g/mol. The zero-order valence-electron chi connectivity index (χ0n) is 22.1. The van der Waals surface area contributed by atoms with Crippen molar-refractivity contribution in [3.63, 3.8) is 0 Å². The molecule has 0 rings (SSSR count). The Kier molecular flexibility index (Phi) is 65.3. The van der Waals surface area contributed by atoms with Crippen LogP contribution in [0.1, 0.15) is 105 Å². The molecule has 0 bridgehead atoms. The molecule has 0 saturated heterocycles. The molecular weight excluding hydrogens is 396 g/mol. The van der Waals surface area contributed by atoms with Gasteiger partial charge in [-0.15, -0.1) is 26.3 Å². The van der Waals surface area contributed by atoms with Gasteiger partial charge < -0.3 is 9.84 Å². The van der Waals surface area contributed by atoms with Crippen molar-refractivity contribution in [1.29, 1.82) is 0 Å². The summed E-state index contributed by atoms with van der Waals surface area (Å²) in [6, 6.07) is 0. The molecule has 190 valence electrons. The van der Waals surface area contributed by atoms with Crippen LogP contribution in [0.5, 0.6) is 0 Å². The van der Waals surface area contributed by atoms with E-state index in [9.17, 15) is 4.79 Å². The number of ether oxygens (including phenoxy) is 1. The van der Waals surface area contributed by atoms with E-state index in [2.05, 4.69) is 65.3 Å². The van der Waals surface area contributed by atoms with Crippen LogP contribution in [0.3, 0.4) is 0 Å². The fourth-order valence-electron chi connectivity index (χ4n) is 1.60. The Morgan fingerprint density at radius 3 is 1.06 bits per heavy atom. The predicted octanol–water partition coefficient (Wildman–Crippen LogP) is 9.16. The number of hydrogen-bond donors (Lipinski definition) is 1. The van der Waals surface area contributed by atoms with Crippen molar-refractivity contribution in [2.75, 3.05) is 13.2 Å². The Balaban J connectivity index is -0.0000000955. The molecule has 0 aromatic carbocycles. The van der Waals surface area contributed by atoms with Crippen LogP contribution in [0.2, 0.25) is 0 Å². The van der Waals surface area contributed by atoms with Gasteiger partial charge in [0.25, 0.3) is 0 Å². The third-order valence-corrected chi connectivity index (χ3v) is 3.55. The maximum atomic E-state index is 10.1. The summed E-state index contributed by atoms with van der Waals surface area (Å²) in [5, 5.41) is 8.10. The molecule has 0 heterocycles. The van der Waals surface area contributed by atoms with Gasteiger partial charge >= 0.3 is 5.97 Å². The lowest BCUT2D eigenvalue weighted by Crippen LogP contribution is -2.04. The van der Waals surface area contributed by atoms with Gasteiger partial charge in [0.15, 0.2) is 0 Å². The van der Waals surface area contributed by atoms with Crippen LogP contribution in [-0.2, 0) is 9.53 Å². The molecule has 0 fully saturated rings. The molecule has 32 heavy (non-hydrogen) atoms. The normalized spacial score (nSPS) is 8.16. The first kappa shape index (κ1) is 40.5. The average Bonchev–Trinajstić information content (AvgIpc) is 2.83. The second-order valence-corrected chi connectivity index (χ2v) is 6.82. The molecule has 0 aliphatic rings. The molecule has 0 aromatic rings. The molecule has 0 amide bonds. The number of allylic oxidation sites excluding steroid dienone is 4. The number of hydrogen-bond acceptors (Lipinski definition) is 3. The summed E-state index contributed by atoms with van der Waals surface area (Å²) in [5.41, 5.74) is 0. The molecule has 0 unspecified atom stereocenters. The van der Waals surface area contributed by atoms with Gasteiger partial charge in [-0.3, -0.25) is 0 Å². The molecular formula is C29H56O3. The van der Waals surface area contributed by atoms with E-state index in [4.69, 9.17) is 5.11 Å². The van der Waals surface area contributed by atoms with Gasteiger partial charge in [-0.05, 0) is 25.7 Å². The Labute approximate surface area is 202 Å². The molecule has 0 spiro atoms. The third kappa shape index (κ3) is 79.6. The van der Waals surface area contributed by atoms with E-state index in [0.29, 0.717) is 0 Å². The van der Waals surface area contributed by atoms with Gasteiger partial charge in [-0.2, -0.15) is 0 Å². The molecule has 0 saturated carbocycles. The first-order valence-corrected chi connectivity index (χ1v) is 12.3. The maximum Gasteiger partial charge on any atom is 0.330 e. The van der Waals surface area contributed by atoms with Crippen molar-refractivity contribution in [2.24, 2.45) is 0 Å². The molecule has 3 nitrogen and oxygen atoms in total. The van der Waals surface area contributed by atoms with Crippen molar-refractivity contribution in [3.8, 4) is 0 Å². The van der Waals surface area contributed by atoms with Crippen LogP contribution < -0.4 is 0 Å². The van der Waals surface area contributed by atoms with E-state index in [1.54, 1.807) is 0 Å². The van der Waals surface area contributed by atoms with E-state index in [1.807, 2.05) is 24.3 Å². The standard InChI is InChI=1S/4C6H12.C5H8O3/c4*1-3-5-6-4-2;1-2-5(7)8-4-3-6/h4*3H,1,4-6H2,2H3;2,6H,1,3-4H2. The lowest BCUT2D eigenvalue weighted by molar-refractivity contribution is -0.138. The van der Waals surface area contributed by atoms with Crippen molar-refractivity contribution < 1.29 is 14.6 Å². The lowest BCUT2D eigenvalue weighted by atomic mass is 10.3. The van der Waals surface area contributed by atoms with Gasteiger partial charge in [0.05, 0.1) is 6.61 Å². The SMILES string of the molecule is C=CC(=O)OCCO.C=CCCCC.C=CCCCC.C=CCCCC.C=CCCCC. The summed E-state index contributed by atoms with van der Waals surface area (Å²) in [7, 11) is 0. The number of carbonyl (C=O) groups is 1. The van der Waals surface area contributed by atoms with E-state index < -0.39 is 5.97 Å². The highest BCUT2D eigenvalue weighted by Crippen LogP contribution is 1.93. The summed E-state index contributed by atoms with van der Waals surface area (Å²) in [4.78, 5) is 10.1. The van der Waals surface area contributed by atoms with Crippen LogP contribution in [0.25, 0.3) is 0 Å². The fourth-order valence-corrected chi connectivity index (χ4v) is 1.60. The molecule has 0 aliphatic carbocycles. The average molecular weight is 453 g/mol. The quantitative estimate of drug-likeness (QED) is 0.117. The minimum absolute atomic E-state index is 0.0465. The first-order chi connectivity index (χ1) is 15.5. The fraction of sp³-hybridized carbons (Fsp3) is 0.621. The second-order valence-electron chi connectivity index (χ2n) is 6.82. The highest BCUT2D eigenvalue weighted by atomic mass is 16.5. The summed E-state index contributed by atoms with van der Waals surface area (Å²) >= 11 is 0. The van der Waals surface area contributed by atoms with Gasteiger partial charge in [0, 0.05) is 6.08 Å². The predicted molar refractivity (Wildman–Crippen MR) is 147 cm³/mol. The van der Waals surface area contributed by atoms with E-state index in [1.165, 1.54) is 77.0 Å². The molecule has 0 aliphatic heterocycles. The Hall–Kier alpha value is -1.87. The largest absolute Gasteiger partial charge is 0.460 e. The van der Waals surface area contributed by atoms with E-state index >= 15 is 0 Å². The van der Waals surface area contributed by atoms with Gasteiger partial charge in [0.1, 0.15) is 6.61 Å². The number of carbonyl (C=O) groups excluding carboxylic acids is 1. The van der Waals surface area contributed by atoms with Gasteiger partial charge in [-0.1, -0.05) is 110 Å². The highest BCUT2D eigenvalue weighted by molar-refractivity contribution is 5.81. The van der Waals surface area contributed by atoms with Crippen LogP contribution in [0.15, 0.2) is 63.3 Å². The van der Waals surface area contributed by atoms with Crippen molar-refractivity contribution in [1.82, 2.24) is 0 Å². The first-order valence-electron chi connectivity index (χ1n) is 12.3. The molecule has 0 aromatic heterocycles. The van der Waals surface area contributed by atoms with Gasteiger partial charge in [-0.25, -0.2) is 4.79 Å². The Morgan fingerprint density at radius 1 is 0.656 bits per heavy atom. The number of aliphatic hydroxyl groups excluding tert-OH is 1. The summed E-state index contributed by atoms with van der Waals surface area (Å²) in [6.07, 6.45) is 23.9.